The third kappa shape index (κ3) is 5.20. The number of esters is 1. The molecule has 5 rings (SSSR count). The van der Waals surface area contributed by atoms with E-state index in [1.807, 2.05) is 13.0 Å². The zero-order chi connectivity index (χ0) is 26.1. The van der Waals surface area contributed by atoms with Crippen LogP contribution in [0.4, 0.5) is 5.00 Å². The Bertz CT molecular complexity index is 1480. The Balaban J connectivity index is 1.38. The van der Waals surface area contributed by atoms with Crippen LogP contribution in [0, 0.1) is 13.8 Å². The van der Waals surface area contributed by atoms with Crippen molar-refractivity contribution >= 4 is 50.9 Å². The molecule has 4 aromatic rings. The van der Waals surface area contributed by atoms with E-state index in [1.165, 1.54) is 32.9 Å². The number of aryl methyl sites for hydroxylation is 3. The summed E-state index contributed by atoms with van der Waals surface area (Å²) in [6.07, 6.45) is 5.01. The molecule has 0 bridgehead atoms. The van der Waals surface area contributed by atoms with Gasteiger partial charge in [-0.15, -0.1) is 23.1 Å². The van der Waals surface area contributed by atoms with E-state index in [0.717, 1.165) is 47.2 Å². The van der Waals surface area contributed by atoms with E-state index in [9.17, 15) is 9.59 Å². The van der Waals surface area contributed by atoms with Gasteiger partial charge in [0.2, 0.25) is 5.91 Å². The monoisotopic (exact) mass is 532 g/mol. The van der Waals surface area contributed by atoms with Crippen LogP contribution in [0.25, 0.3) is 10.9 Å². The fraction of sp³-hybridized carbons (Fsp3) is 0.333. The standard InChI is InChI=1S/C30H32N2O3S2/c1-5-35-30(34)27-23-10-8-12-25(23)37-29(27)31-28(33)20(4)36-26-17-32(24-11-7-6-9-22(24)26)16-21-15-18(2)13-14-19(21)3/h6-7,9,11,13-15,17,20H,5,8,10,12,16H2,1-4H3,(H,31,33)/t20-/m0/s1. The van der Waals surface area contributed by atoms with Crippen molar-refractivity contribution in [3.8, 4) is 0 Å². The number of thiophene rings is 1. The second kappa shape index (κ2) is 10.8. The lowest BCUT2D eigenvalue weighted by Crippen LogP contribution is -2.23. The Morgan fingerprint density at radius 1 is 1.16 bits per heavy atom. The Morgan fingerprint density at radius 2 is 1.97 bits per heavy atom. The van der Waals surface area contributed by atoms with Gasteiger partial charge < -0.3 is 14.6 Å². The van der Waals surface area contributed by atoms with Gasteiger partial charge in [-0.25, -0.2) is 4.79 Å². The topological polar surface area (TPSA) is 60.3 Å². The number of carbonyl (C=O) groups excluding carboxylic acids is 2. The average molecular weight is 533 g/mol. The molecule has 192 valence electrons. The van der Waals surface area contributed by atoms with Crippen molar-refractivity contribution in [2.24, 2.45) is 0 Å². The number of fused-ring (bicyclic) bond motifs is 2. The Hall–Kier alpha value is -3.03. The number of carbonyl (C=O) groups is 2. The quantitative estimate of drug-likeness (QED) is 0.193. The van der Waals surface area contributed by atoms with E-state index in [1.54, 1.807) is 18.7 Å². The van der Waals surface area contributed by atoms with E-state index in [0.29, 0.717) is 17.2 Å². The van der Waals surface area contributed by atoms with Gasteiger partial charge in [0.1, 0.15) is 5.00 Å². The molecule has 1 N–H and O–H groups in total. The first kappa shape index (κ1) is 25.6. The molecule has 2 aromatic carbocycles. The molecule has 1 amide bonds. The molecule has 5 nitrogen and oxygen atoms in total. The van der Waals surface area contributed by atoms with Crippen molar-refractivity contribution in [2.45, 2.75) is 63.6 Å². The van der Waals surface area contributed by atoms with Gasteiger partial charge in [-0.3, -0.25) is 4.79 Å². The third-order valence-corrected chi connectivity index (χ3v) is 9.26. The van der Waals surface area contributed by atoms with Crippen LogP contribution in [0.3, 0.4) is 0 Å². The van der Waals surface area contributed by atoms with Crippen molar-refractivity contribution in [2.75, 3.05) is 11.9 Å². The minimum absolute atomic E-state index is 0.109. The summed E-state index contributed by atoms with van der Waals surface area (Å²) >= 11 is 3.07. The molecule has 2 heterocycles. The normalized spacial score (nSPS) is 13.5. The van der Waals surface area contributed by atoms with Gasteiger partial charge in [0.25, 0.3) is 0 Å². The lowest BCUT2D eigenvalue weighted by atomic mass is 10.1. The molecular formula is C30H32N2O3S2. The zero-order valence-corrected chi connectivity index (χ0v) is 23.4. The van der Waals surface area contributed by atoms with Gasteiger partial charge in [0.05, 0.1) is 17.4 Å². The van der Waals surface area contributed by atoms with Crippen molar-refractivity contribution in [3.05, 3.63) is 81.4 Å². The molecule has 0 aliphatic heterocycles. The van der Waals surface area contributed by atoms with Crippen LogP contribution in [-0.4, -0.2) is 28.3 Å². The number of para-hydroxylation sites is 1. The first-order valence-corrected chi connectivity index (χ1v) is 14.5. The fourth-order valence-electron chi connectivity index (χ4n) is 4.96. The molecule has 1 atom stereocenters. The second-order valence-electron chi connectivity index (χ2n) is 9.60. The SMILES string of the molecule is CCOC(=O)c1c(NC(=O)[C@H](C)Sc2cn(Cc3cc(C)ccc3C)c3ccccc23)sc2c1CCC2. The van der Waals surface area contributed by atoms with Crippen LogP contribution in [0.5, 0.6) is 0 Å². The summed E-state index contributed by atoms with van der Waals surface area (Å²) in [4.78, 5) is 28.3. The lowest BCUT2D eigenvalue weighted by molar-refractivity contribution is -0.115. The number of rotatable bonds is 8. The molecular weight excluding hydrogens is 500 g/mol. The molecule has 1 aliphatic carbocycles. The molecule has 0 saturated carbocycles. The molecule has 0 radical (unpaired) electrons. The number of aromatic nitrogens is 1. The lowest BCUT2D eigenvalue weighted by Gasteiger charge is -2.12. The Labute approximate surface area is 226 Å². The number of hydrogen-bond acceptors (Lipinski definition) is 5. The molecule has 7 heteroatoms. The van der Waals surface area contributed by atoms with Crippen LogP contribution < -0.4 is 5.32 Å². The predicted octanol–water partition coefficient (Wildman–Crippen LogP) is 7.15. The van der Waals surface area contributed by atoms with Crippen molar-refractivity contribution < 1.29 is 14.3 Å². The van der Waals surface area contributed by atoms with Gasteiger partial charge >= 0.3 is 5.97 Å². The summed E-state index contributed by atoms with van der Waals surface area (Å²) in [6.45, 7) is 9.08. The van der Waals surface area contributed by atoms with Gasteiger partial charge in [0, 0.05) is 33.4 Å². The summed E-state index contributed by atoms with van der Waals surface area (Å²) in [5, 5.41) is 4.48. The molecule has 0 saturated heterocycles. The average Bonchev–Trinajstić information content (AvgIpc) is 3.55. The van der Waals surface area contributed by atoms with E-state index in [2.05, 4.69) is 66.3 Å². The Kier molecular flexibility index (Phi) is 7.45. The first-order valence-electron chi connectivity index (χ1n) is 12.8. The number of hydrogen-bond donors (Lipinski definition) is 1. The van der Waals surface area contributed by atoms with Crippen LogP contribution in [-0.2, 0) is 28.9 Å². The van der Waals surface area contributed by atoms with Crippen molar-refractivity contribution in [3.63, 3.8) is 0 Å². The van der Waals surface area contributed by atoms with Crippen molar-refractivity contribution in [1.82, 2.24) is 4.57 Å². The summed E-state index contributed by atoms with van der Waals surface area (Å²) in [6, 6.07) is 14.9. The highest BCUT2D eigenvalue weighted by Crippen LogP contribution is 2.40. The molecule has 0 fully saturated rings. The zero-order valence-electron chi connectivity index (χ0n) is 21.7. The minimum Gasteiger partial charge on any atom is -0.462 e. The van der Waals surface area contributed by atoms with Crippen molar-refractivity contribution in [1.29, 1.82) is 0 Å². The van der Waals surface area contributed by atoms with Crippen LogP contribution in [0.15, 0.2) is 53.6 Å². The number of benzene rings is 2. The number of nitrogens with one attached hydrogen (secondary N) is 1. The number of anilines is 1. The van der Waals surface area contributed by atoms with Gasteiger partial charge in [-0.05, 0) is 69.7 Å². The molecule has 0 unspecified atom stereocenters. The molecule has 37 heavy (non-hydrogen) atoms. The Morgan fingerprint density at radius 3 is 2.78 bits per heavy atom. The highest BCUT2D eigenvalue weighted by atomic mass is 32.2. The van der Waals surface area contributed by atoms with Gasteiger partial charge in [0.15, 0.2) is 0 Å². The van der Waals surface area contributed by atoms with Crippen LogP contribution in [0.2, 0.25) is 0 Å². The summed E-state index contributed by atoms with van der Waals surface area (Å²) in [5.74, 6) is -0.450. The van der Waals surface area contributed by atoms with Crippen LogP contribution in [0.1, 0.15) is 57.8 Å². The highest BCUT2D eigenvalue weighted by molar-refractivity contribution is 8.00. The predicted molar refractivity (Wildman–Crippen MR) is 153 cm³/mol. The number of thioether (sulfide) groups is 1. The smallest absolute Gasteiger partial charge is 0.341 e. The minimum atomic E-state index is -0.341. The van der Waals surface area contributed by atoms with Gasteiger partial charge in [-0.2, -0.15) is 0 Å². The number of ether oxygens (including phenoxy) is 1. The summed E-state index contributed by atoms with van der Waals surface area (Å²) in [7, 11) is 0. The summed E-state index contributed by atoms with van der Waals surface area (Å²) in [5.41, 5.74) is 6.56. The maximum Gasteiger partial charge on any atom is 0.341 e. The summed E-state index contributed by atoms with van der Waals surface area (Å²) < 4.78 is 7.58. The third-order valence-electron chi connectivity index (χ3n) is 6.91. The maximum absolute atomic E-state index is 13.3. The fourth-order valence-corrected chi connectivity index (χ4v) is 7.28. The first-order chi connectivity index (χ1) is 17.9. The number of amides is 1. The van der Waals surface area contributed by atoms with E-state index in [4.69, 9.17) is 4.74 Å². The van der Waals surface area contributed by atoms with Gasteiger partial charge in [-0.1, -0.05) is 42.0 Å². The molecule has 0 spiro atoms. The van der Waals surface area contributed by atoms with E-state index >= 15 is 0 Å². The highest BCUT2D eigenvalue weighted by Gasteiger charge is 2.29. The van der Waals surface area contributed by atoms with Crippen LogP contribution >= 0.6 is 23.1 Å². The second-order valence-corrected chi connectivity index (χ2v) is 12.1. The maximum atomic E-state index is 13.3. The molecule has 1 aliphatic rings. The largest absolute Gasteiger partial charge is 0.462 e. The number of nitrogens with zero attached hydrogens (tertiary/aromatic N) is 1. The molecule has 2 aromatic heterocycles. The van der Waals surface area contributed by atoms with E-state index < -0.39 is 0 Å². The van der Waals surface area contributed by atoms with E-state index in [-0.39, 0.29) is 17.1 Å².